The molecule has 0 saturated carbocycles. The Kier molecular flexibility index (Phi) is 177. The van der Waals surface area contributed by atoms with Crippen LogP contribution in [0.5, 0.6) is 0 Å². The maximum Gasteiger partial charge on any atom is 0 e. The molecule has 5 heavy (non-hydrogen) atoms. The van der Waals surface area contributed by atoms with Crippen LogP contribution in [-0.2, 0) is 45.0 Å². The first-order chi connectivity index (χ1) is 0. The van der Waals surface area contributed by atoms with Crippen molar-refractivity contribution in [3.05, 3.63) is 0 Å². The molecular weight excluding hydrogens is 490 g/mol. The van der Waals surface area contributed by atoms with Crippen molar-refractivity contribution in [2.75, 3.05) is 0 Å². The molecule has 14 valence electrons. The number of hydrogen-bond donors (Lipinski definition) is 0. The quantitative estimate of drug-likeness (QED) is 0.377. The van der Waals surface area contributed by atoms with Crippen LogP contribution in [0.2, 0.25) is 0 Å². The zero-order valence-corrected chi connectivity index (χ0v) is 16.3. The summed E-state index contributed by atoms with van der Waals surface area (Å²) < 4.78 is 0. The number of rotatable bonds is 0. The molecule has 0 aliphatic carbocycles. The van der Waals surface area contributed by atoms with Gasteiger partial charge in [-0.2, -0.15) is 0 Å². The van der Waals surface area contributed by atoms with E-state index >= 15 is 0 Å². The predicted molar refractivity (Wildman–Crippen MR) is 17.3 cm³/mol. The fourth-order valence-corrected chi connectivity index (χ4v) is 0. The normalized spacial score (nSPS) is 0. The van der Waals surface area contributed by atoms with E-state index in [0.29, 0.717) is 0 Å². The van der Waals surface area contributed by atoms with Gasteiger partial charge in [-0.05, 0) is 0 Å². The van der Waals surface area contributed by atoms with Crippen molar-refractivity contribution in [3.8, 4) is 0 Å². The first-order valence-electron chi connectivity index (χ1n) is 0. The molecule has 0 N–H and O–H groups in total. The second-order valence-electron chi connectivity index (χ2n) is 0. The Bertz CT molecular complexity index is 11.6. The van der Waals surface area contributed by atoms with Crippen molar-refractivity contribution in [1.29, 1.82) is 0 Å². The van der Waals surface area contributed by atoms with Gasteiger partial charge in [-0.1, -0.05) is 0 Å². The molecule has 0 bridgehead atoms. The molecule has 0 aromatic carbocycles. The zero-order valence-electron chi connectivity index (χ0n) is 3.62. The molecule has 0 saturated heterocycles. The largest absolute Gasteiger partial charge is 0 e. The first-order valence-corrected chi connectivity index (χ1v) is 0. The van der Waals surface area contributed by atoms with E-state index in [-0.39, 0.29) is 121 Å². The van der Waals surface area contributed by atoms with Crippen LogP contribution in [-0.4, -0.2) is 75.7 Å². The Hall–Kier alpha value is 3.99. The first kappa shape index (κ1) is 36.1. The maximum absolute atomic E-state index is 0. The van der Waals surface area contributed by atoms with Crippen molar-refractivity contribution in [1.82, 2.24) is 0 Å². The summed E-state index contributed by atoms with van der Waals surface area (Å²) in [4.78, 5) is 0. The molecule has 0 aliphatic heterocycles. The Balaban J connectivity index is 0. The van der Waals surface area contributed by atoms with Crippen LogP contribution in [0.15, 0.2) is 0 Å². The van der Waals surface area contributed by atoms with Gasteiger partial charge in [-0.3, -0.25) is 0 Å². The van der Waals surface area contributed by atoms with Gasteiger partial charge in [0.1, 0.15) is 0 Å². The standard InChI is InChI=1S/Cr.Hg.Li.Na.Pb. The molecule has 0 aromatic rings. The van der Waals surface area contributed by atoms with Crippen molar-refractivity contribution in [2.24, 2.45) is 0 Å². The molecule has 0 aromatic heterocycles. The minimum atomic E-state index is 0. The molecule has 5 heteroatoms. The van der Waals surface area contributed by atoms with Gasteiger partial charge in [0.2, 0.25) is 0 Å². The average Bonchev–Trinajstić information content (AvgIpc) is 0. The van der Waals surface area contributed by atoms with Crippen molar-refractivity contribution in [2.45, 2.75) is 0 Å². The molecule has 0 spiro atoms. The van der Waals surface area contributed by atoms with E-state index in [1.807, 2.05) is 0 Å². The zero-order chi connectivity index (χ0) is 0. The summed E-state index contributed by atoms with van der Waals surface area (Å²) in [5.41, 5.74) is 0. The van der Waals surface area contributed by atoms with Crippen LogP contribution in [0.3, 0.4) is 0 Å². The summed E-state index contributed by atoms with van der Waals surface area (Å²) in [6.45, 7) is 0. The Morgan fingerprint density at radius 1 is 1.00 bits per heavy atom. The molecule has 0 unspecified atom stereocenters. The Labute approximate surface area is 118 Å². The minimum absolute atomic E-state index is 0. The van der Waals surface area contributed by atoms with Crippen LogP contribution in [0.4, 0.5) is 0 Å². The second kappa shape index (κ2) is 24.5. The topological polar surface area (TPSA) is 0 Å². The summed E-state index contributed by atoms with van der Waals surface area (Å²) in [5, 5.41) is 0. The molecule has 6 radical (unpaired) electrons. The second-order valence-corrected chi connectivity index (χ2v) is 0. The molecule has 0 nitrogen and oxygen atoms in total. The molecule has 0 rings (SSSR count). The molecule has 0 atom stereocenters. The maximum atomic E-state index is 0. The van der Waals surface area contributed by atoms with Gasteiger partial charge in [-0.25, -0.2) is 0 Å². The third kappa shape index (κ3) is 18.0. The van der Waals surface area contributed by atoms with Gasteiger partial charge >= 0.3 is 0 Å². The van der Waals surface area contributed by atoms with Gasteiger partial charge in [0, 0.05) is 121 Å². The molecular formula is CrHgLiNaPb. The van der Waals surface area contributed by atoms with Crippen LogP contribution in [0.25, 0.3) is 0 Å². The summed E-state index contributed by atoms with van der Waals surface area (Å²) in [6, 6.07) is 0. The molecule has 0 fully saturated rings. The molecule has 0 aliphatic rings. The minimum Gasteiger partial charge on any atom is 0 e. The summed E-state index contributed by atoms with van der Waals surface area (Å²) in [7, 11) is 0. The van der Waals surface area contributed by atoms with Crippen molar-refractivity contribution >= 4 is 75.7 Å². The van der Waals surface area contributed by atoms with Crippen LogP contribution < -0.4 is 0 Å². The SMILES string of the molecule is [Cr].[Hg].[Li].[Na].[Pb]. The molecule has 0 amide bonds. The predicted octanol–water partition coefficient (Wildman–Crippen LogP) is -1.15. The fraction of sp³-hybridized carbons (Fsp3) is 0. The van der Waals surface area contributed by atoms with E-state index in [1.165, 1.54) is 0 Å². The van der Waals surface area contributed by atoms with E-state index < -0.39 is 0 Å². The van der Waals surface area contributed by atoms with Gasteiger partial charge in [-0.15, -0.1) is 0 Å². The van der Waals surface area contributed by atoms with E-state index in [9.17, 15) is 0 Å². The Morgan fingerprint density at radius 2 is 1.00 bits per heavy atom. The van der Waals surface area contributed by atoms with Crippen LogP contribution in [0, 0.1) is 0 Å². The summed E-state index contributed by atoms with van der Waals surface area (Å²) in [6.07, 6.45) is 0. The fourth-order valence-electron chi connectivity index (χ4n) is 0. The molecule has 0 heterocycles. The third-order valence-electron chi connectivity index (χ3n) is 0. The van der Waals surface area contributed by atoms with E-state index in [4.69, 9.17) is 0 Å². The number of hydrogen-bond acceptors (Lipinski definition) is 0. The van der Waals surface area contributed by atoms with Crippen molar-refractivity contribution in [3.63, 3.8) is 0 Å². The van der Waals surface area contributed by atoms with Gasteiger partial charge in [0.05, 0.1) is 0 Å². The smallest absolute Gasteiger partial charge is 0 e. The Morgan fingerprint density at radius 3 is 1.00 bits per heavy atom. The summed E-state index contributed by atoms with van der Waals surface area (Å²) in [5.74, 6) is 0. The third-order valence-corrected chi connectivity index (χ3v) is 0. The monoisotopic (exact) mass is 492 g/mol. The van der Waals surface area contributed by atoms with Gasteiger partial charge in [0.25, 0.3) is 0 Å². The van der Waals surface area contributed by atoms with Crippen molar-refractivity contribution < 1.29 is 45.0 Å². The van der Waals surface area contributed by atoms with E-state index in [0.717, 1.165) is 0 Å². The van der Waals surface area contributed by atoms with Gasteiger partial charge < -0.3 is 0 Å². The van der Waals surface area contributed by atoms with Crippen LogP contribution in [0.1, 0.15) is 0 Å². The van der Waals surface area contributed by atoms with E-state index in [2.05, 4.69) is 0 Å². The summed E-state index contributed by atoms with van der Waals surface area (Å²) >= 11 is 0. The average molecular weight is 490 g/mol. The van der Waals surface area contributed by atoms with E-state index in [1.54, 1.807) is 0 Å². The van der Waals surface area contributed by atoms with Crippen LogP contribution >= 0.6 is 0 Å². The van der Waals surface area contributed by atoms with Gasteiger partial charge in [0.15, 0.2) is 0 Å².